The molecule has 0 bridgehead atoms. The van der Waals surface area contributed by atoms with E-state index in [1.54, 1.807) is 0 Å². The normalized spacial score (nSPS) is 16.1. The molecule has 2 aromatic rings. The number of nitrogens with zero attached hydrogens (tertiary/aromatic N) is 3. The number of benzene rings is 1. The predicted octanol–water partition coefficient (Wildman–Crippen LogP) is 2.45. The second kappa shape index (κ2) is 5.46. The molecule has 2 N–H and O–H groups in total. The van der Waals surface area contributed by atoms with Crippen LogP contribution in [0, 0.1) is 0 Å². The number of halogens is 1. The molecular formula is C15H19ClN4. The van der Waals surface area contributed by atoms with E-state index in [1.165, 1.54) is 5.56 Å². The molecule has 20 heavy (non-hydrogen) atoms. The van der Waals surface area contributed by atoms with Crippen molar-refractivity contribution in [1.29, 1.82) is 0 Å². The van der Waals surface area contributed by atoms with Gasteiger partial charge in [0.15, 0.2) is 0 Å². The molecule has 0 saturated carbocycles. The first-order valence-electron chi connectivity index (χ1n) is 6.93. The van der Waals surface area contributed by atoms with Crippen LogP contribution in [0.2, 0.25) is 5.02 Å². The Labute approximate surface area is 124 Å². The fourth-order valence-electron chi connectivity index (χ4n) is 2.79. The summed E-state index contributed by atoms with van der Waals surface area (Å²) in [6.07, 6.45) is 4.72. The van der Waals surface area contributed by atoms with Gasteiger partial charge >= 0.3 is 0 Å². The van der Waals surface area contributed by atoms with E-state index in [1.807, 2.05) is 31.5 Å². The molecule has 4 nitrogen and oxygen atoms in total. The number of hydrogen-bond donors (Lipinski definition) is 1. The number of rotatable bonds is 3. The molecule has 106 valence electrons. The Hall–Kier alpha value is -1.52. The number of fused-ring (bicyclic) bond motifs is 1. The van der Waals surface area contributed by atoms with E-state index in [4.69, 9.17) is 17.3 Å². The van der Waals surface area contributed by atoms with Crippen molar-refractivity contribution in [2.45, 2.75) is 32.5 Å². The summed E-state index contributed by atoms with van der Waals surface area (Å²) in [5, 5.41) is 0.795. The lowest BCUT2D eigenvalue weighted by Crippen LogP contribution is -2.34. The molecule has 0 fully saturated rings. The lowest BCUT2D eigenvalue weighted by Gasteiger charge is -2.32. The second-order valence-electron chi connectivity index (χ2n) is 5.39. The predicted molar refractivity (Wildman–Crippen MR) is 82.1 cm³/mol. The van der Waals surface area contributed by atoms with Gasteiger partial charge in [0.05, 0.1) is 17.3 Å². The Bertz CT molecular complexity index is 606. The van der Waals surface area contributed by atoms with Crippen molar-refractivity contribution in [3.05, 3.63) is 47.0 Å². The highest BCUT2D eigenvalue weighted by molar-refractivity contribution is 6.33. The summed E-state index contributed by atoms with van der Waals surface area (Å²) in [5.41, 5.74) is 8.28. The number of para-hydroxylation sites is 1. The van der Waals surface area contributed by atoms with Gasteiger partial charge in [0.25, 0.3) is 0 Å². The van der Waals surface area contributed by atoms with Gasteiger partial charge in [0.1, 0.15) is 5.82 Å². The maximum absolute atomic E-state index is 6.44. The maximum atomic E-state index is 6.44. The van der Waals surface area contributed by atoms with Crippen molar-refractivity contribution in [2.24, 2.45) is 5.73 Å². The Morgan fingerprint density at radius 2 is 2.25 bits per heavy atom. The van der Waals surface area contributed by atoms with Gasteiger partial charge < -0.3 is 15.2 Å². The summed E-state index contributed by atoms with van der Waals surface area (Å²) in [6.45, 7) is 4.70. The standard InChI is InChI=1S/C15H19ClN4/c1-11(17)9-12-3-2-4-13(16)15(12)20-8-7-19-6-5-18-14(19)10-20/h2-6,11H,7-10,17H2,1H3. The van der Waals surface area contributed by atoms with Crippen LogP contribution in [0.4, 0.5) is 5.69 Å². The Morgan fingerprint density at radius 1 is 1.40 bits per heavy atom. The quantitative estimate of drug-likeness (QED) is 0.944. The highest BCUT2D eigenvalue weighted by atomic mass is 35.5. The average Bonchev–Trinajstić information content (AvgIpc) is 2.85. The first-order chi connectivity index (χ1) is 9.65. The topological polar surface area (TPSA) is 47.1 Å². The number of nitrogens with two attached hydrogens (primary N) is 1. The van der Waals surface area contributed by atoms with Crippen LogP contribution < -0.4 is 10.6 Å². The molecule has 5 heteroatoms. The summed E-state index contributed by atoms with van der Waals surface area (Å²) in [7, 11) is 0. The fourth-order valence-corrected chi connectivity index (χ4v) is 3.10. The molecule has 0 saturated heterocycles. The van der Waals surface area contributed by atoms with Gasteiger partial charge in [-0.15, -0.1) is 0 Å². The fraction of sp³-hybridized carbons (Fsp3) is 0.400. The molecule has 0 amide bonds. The molecule has 1 aliphatic rings. The Kier molecular flexibility index (Phi) is 3.68. The smallest absolute Gasteiger partial charge is 0.128 e. The van der Waals surface area contributed by atoms with E-state index in [0.29, 0.717) is 0 Å². The first kappa shape index (κ1) is 13.5. The minimum atomic E-state index is 0.124. The van der Waals surface area contributed by atoms with E-state index in [0.717, 1.165) is 42.6 Å². The summed E-state index contributed by atoms with van der Waals surface area (Å²) in [6, 6.07) is 6.18. The zero-order chi connectivity index (χ0) is 14.1. The molecule has 0 spiro atoms. The molecular weight excluding hydrogens is 272 g/mol. The third-order valence-electron chi connectivity index (χ3n) is 3.67. The van der Waals surface area contributed by atoms with Crippen LogP contribution in [0.5, 0.6) is 0 Å². The van der Waals surface area contributed by atoms with Crippen LogP contribution in [-0.2, 0) is 19.5 Å². The van der Waals surface area contributed by atoms with Gasteiger partial charge in [-0.05, 0) is 25.0 Å². The maximum Gasteiger partial charge on any atom is 0.128 e. The van der Waals surface area contributed by atoms with E-state index in [-0.39, 0.29) is 6.04 Å². The van der Waals surface area contributed by atoms with Gasteiger partial charge in [-0.1, -0.05) is 23.7 Å². The van der Waals surface area contributed by atoms with Gasteiger partial charge in [0, 0.05) is 31.5 Å². The third kappa shape index (κ3) is 2.53. The second-order valence-corrected chi connectivity index (χ2v) is 5.79. The van der Waals surface area contributed by atoms with Gasteiger partial charge in [0.2, 0.25) is 0 Å². The largest absolute Gasteiger partial charge is 0.361 e. The van der Waals surface area contributed by atoms with Gasteiger partial charge in [-0.2, -0.15) is 0 Å². The number of anilines is 1. The SMILES string of the molecule is CC(N)Cc1cccc(Cl)c1N1CCn2ccnc2C1. The molecule has 1 aliphatic heterocycles. The molecule has 1 atom stereocenters. The van der Waals surface area contributed by atoms with Crippen molar-refractivity contribution < 1.29 is 0 Å². The molecule has 0 radical (unpaired) electrons. The summed E-state index contributed by atoms with van der Waals surface area (Å²) in [4.78, 5) is 6.71. The van der Waals surface area contributed by atoms with E-state index in [2.05, 4.69) is 20.5 Å². The summed E-state index contributed by atoms with van der Waals surface area (Å²) < 4.78 is 2.19. The van der Waals surface area contributed by atoms with Crippen LogP contribution in [0.25, 0.3) is 0 Å². The van der Waals surface area contributed by atoms with E-state index in [9.17, 15) is 0 Å². The first-order valence-corrected chi connectivity index (χ1v) is 7.31. The number of aromatic nitrogens is 2. The lowest BCUT2D eigenvalue weighted by molar-refractivity contribution is 0.558. The van der Waals surface area contributed by atoms with Crippen molar-refractivity contribution in [1.82, 2.24) is 9.55 Å². The summed E-state index contributed by atoms with van der Waals surface area (Å²) >= 11 is 6.44. The van der Waals surface area contributed by atoms with Crippen LogP contribution in [0.15, 0.2) is 30.6 Å². The van der Waals surface area contributed by atoms with E-state index >= 15 is 0 Å². The zero-order valence-electron chi connectivity index (χ0n) is 11.6. The molecule has 3 rings (SSSR count). The van der Waals surface area contributed by atoms with Crippen LogP contribution >= 0.6 is 11.6 Å². The van der Waals surface area contributed by atoms with Crippen LogP contribution in [0.3, 0.4) is 0 Å². The molecule has 1 aromatic carbocycles. The number of hydrogen-bond acceptors (Lipinski definition) is 3. The Balaban J connectivity index is 1.94. The van der Waals surface area contributed by atoms with Gasteiger partial charge in [-0.3, -0.25) is 0 Å². The molecule has 2 heterocycles. The van der Waals surface area contributed by atoms with Crippen LogP contribution in [-0.4, -0.2) is 22.1 Å². The zero-order valence-corrected chi connectivity index (χ0v) is 12.3. The van der Waals surface area contributed by atoms with E-state index < -0.39 is 0 Å². The minimum absolute atomic E-state index is 0.124. The van der Waals surface area contributed by atoms with Crippen molar-refractivity contribution in [3.63, 3.8) is 0 Å². The molecule has 1 aromatic heterocycles. The Morgan fingerprint density at radius 3 is 3.05 bits per heavy atom. The van der Waals surface area contributed by atoms with Crippen molar-refractivity contribution >= 4 is 17.3 Å². The highest BCUT2D eigenvalue weighted by Gasteiger charge is 2.21. The van der Waals surface area contributed by atoms with Crippen molar-refractivity contribution in [2.75, 3.05) is 11.4 Å². The average molecular weight is 291 g/mol. The third-order valence-corrected chi connectivity index (χ3v) is 3.98. The lowest BCUT2D eigenvalue weighted by atomic mass is 10.0. The van der Waals surface area contributed by atoms with Gasteiger partial charge in [-0.25, -0.2) is 4.98 Å². The van der Waals surface area contributed by atoms with Crippen LogP contribution in [0.1, 0.15) is 18.3 Å². The van der Waals surface area contributed by atoms with Crippen molar-refractivity contribution in [3.8, 4) is 0 Å². The highest BCUT2D eigenvalue weighted by Crippen LogP contribution is 2.32. The minimum Gasteiger partial charge on any atom is -0.361 e. The molecule has 1 unspecified atom stereocenters. The molecule has 0 aliphatic carbocycles. The summed E-state index contributed by atoms with van der Waals surface area (Å²) in [5.74, 6) is 1.09. The number of imidazole rings is 1. The monoisotopic (exact) mass is 290 g/mol.